The lowest BCUT2D eigenvalue weighted by Crippen LogP contribution is -2.14. The van der Waals surface area contributed by atoms with E-state index in [9.17, 15) is 4.79 Å². The van der Waals surface area contributed by atoms with Crippen molar-refractivity contribution in [2.24, 2.45) is 0 Å². The van der Waals surface area contributed by atoms with E-state index in [4.69, 9.17) is 4.74 Å². The molecule has 1 aliphatic carbocycles. The SMILES string of the molecule is COc1ccccc1NC(=O)c1cc(NC2CC2)ccn1. The van der Waals surface area contributed by atoms with Crippen LogP contribution in [0.5, 0.6) is 5.75 Å². The Morgan fingerprint density at radius 2 is 2.10 bits per heavy atom. The predicted octanol–water partition coefficient (Wildman–Crippen LogP) is 2.92. The highest BCUT2D eigenvalue weighted by molar-refractivity contribution is 6.04. The topological polar surface area (TPSA) is 63.2 Å². The molecule has 108 valence electrons. The lowest BCUT2D eigenvalue weighted by atomic mass is 10.2. The number of hydrogen-bond donors (Lipinski definition) is 2. The quantitative estimate of drug-likeness (QED) is 0.885. The highest BCUT2D eigenvalue weighted by Gasteiger charge is 2.21. The molecule has 0 spiro atoms. The summed E-state index contributed by atoms with van der Waals surface area (Å²) in [5.74, 6) is 0.372. The van der Waals surface area contributed by atoms with Gasteiger partial charge >= 0.3 is 0 Å². The van der Waals surface area contributed by atoms with Crippen LogP contribution in [0.25, 0.3) is 0 Å². The summed E-state index contributed by atoms with van der Waals surface area (Å²) < 4.78 is 5.22. The fraction of sp³-hybridized carbons (Fsp3) is 0.250. The van der Waals surface area contributed by atoms with Gasteiger partial charge < -0.3 is 15.4 Å². The summed E-state index contributed by atoms with van der Waals surface area (Å²) in [5, 5.41) is 6.17. The molecule has 5 heteroatoms. The first-order valence-corrected chi connectivity index (χ1v) is 6.93. The molecule has 2 aromatic rings. The van der Waals surface area contributed by atoms with E-state index >= 15 is 0 Å². The number of rotatable bonds is 5. The van der Waals surface area contributed by atoms with Gasteiger partial charge in [-0.25, -0.2) is 0 Å². The molecular weight excluding hydrogens is 266 g/mol. The van der Waals surface area contributed by atoms with Crippen LogP contribution in [0.1, 0.15) is 23.3 Å². The molecular formula is C16H17N3O2. The van der Waals surface area contributed by atoms with Crippen molar-refractivity contribution in [2.45, 2.75) is 18.9 Å². The van der Waals surface area contributed by atoms with Crippen molar-refractivity contribution in [3.05, 3.63) is 48.3 Å². The number of para-hydroxylation sites is 2. The van der Waals surface area contributed by atoms with Gasteiger partial charge in [-0.05, 0) is 37.1 Å². The zero-order chi connectivity index (χ0) is 14.7. The molecule has 1 amide bonds. The number of hydrogen-bond acceptors (Lipinski definition) is 4. The van der Waals surface area contributed by atoms with E-state index in [0.717, 1.165) is 5.69 Å². The van der Waals surface area contributed by atoms with E-state index in [-0.39, 0.29) is 5.91 Å². The van der Waals surface area contributed by atoms with E-state index in [0.29, 0.717) is 23.2 Å². The Bertz CT molecular complexity index is 653. The maximum absolute atomic E-state index is 12.3. The van der Waals surface area contributed by atoms with Gasteiger partial charge in [-0.1, -0.05) is 12.1 Å². The maximum atomic E-state index is 12.3. The number of carbonyl (C=O) groups is 1. The smallest absolute Gasteiger partial charge is 0.274 e. The minimum atomic E-state index is -0.251. The zero-order valence-electron chi connectivity index (χ0n) is 11.8. The summed E-state index contributed by atoms with van der Waals surface area (Å²) in [4.78, 5) is 16.4. The molecule has 1 fully saturated rings. The summed E-state index contributed by atoms with van der Waals surface area (Å²) in [6.07, 6.45) is 4.01. The van der Waals surface area contributed by atoms with Crippen LogP contribution in [0, 0.1) is 0 Å². The van der Waals surface area contributed by atoms with Crippen molar-refractivity contribution in [1.82, 2.24) is 4.98 Å². The highest BCUT2D eigenvalue weighted by atomic mass is 16.5. The van der Waals surface area contributed by atoms with Crippen molar-refractivity contribution in [1.29, 1.82) is 0 Å². The van der Waals surface area contributed by atoms with Crippen LogP contribution >= 0.6 is 0 Å². The first kappa shape index (κ1) is 13.4. The second-order valence-electron chi connectivity index (χ2n) is 5.00. The number of ether oxygens (including phenoxy) is 1. The lowest BCUT2D eigenvalue weighted by Gasteiger charge is -2.10. The predicted molar refractivity (Wildman–Crippen MR) is 81.8 cm³/mol. The van der Waals surface area contributed by atoms with Crippen molar-refractivity contribution in [2.75, 3.05) is 17.7 Å². The molecule has 2 N–H and O–H groups in total. The van der Waals surface area contributed by atoms with Crippen LogP contribution in [0.4, 0.5) is 11.4 Å². The number of nitrogens with zero attached hydrogens (tertiary/aromatic N) is 1. The van der Waals surface area contributed by atoms with Gasteiger partial charge in [0.2, 0.25) is 0 Å². The molecule has 1 aromatic heterocycles. The second-order valence-corrected chi connectivity index (χ2v) is 5.00. The molecule has 1 aliphatic rings. The second kappa shape index (κ2) is 5.83. The summed E-state index contributed by atoms with van der Waals surface area (Å²) in [5.41, 5.74) is 1.94. The van der Waals surface area contributed by atoms with Crippen LogP contribution in [0.2, 0.25) is 0 Å². The highest BCUT2D eigenvalue weighted by Crippen LogP contribution is 2.26. The maximum Gasteiger partial charge on any atom is 0.274 e. The molecule has 21 heavy (non-hydrogen) atoms. The number of methoxy groups -OCH3 is 1. The van der Waals surface area contributed by atoms with E-state index < -0.39 is 0 Å². The Balaban J connectivity index is 1.75. The number of anilines is 2. The molecule has 0 bridgehead atoms. The Hall–Kier alpha value is -2.56. The van der Waals surface area contributed by atoms with Gasteiger partial charge in [-0.3, -0.25) is 9.78 Å². The fourth-order valence-corrected chi connectivity index (χ4v) is 2.04. The normalized spacial score (nSPS) is 13.6. The largest absolute Gasteiger partial charge is 0.495 e. The Kier molecular flexibility index (Phi) is 3.73. The minimum Gasteiger partial charge on any atom is -0.495 e. The molecule has 5 nitrogen and oxygen atoms in total. The minimum absolute atomic E-state index is 0.251. The number of nitrogens with one attached hydrogen (secondary N) is 2. The van der Waals surface area contributed by atoms with Crippen molar-refractivity contribution in [3.63, 3.8) is 0 Å². The van der Waals surface area contributed by atoms with Crippen molar-refractivity contribution < 1.29 is 9.53 Å². The van der Waals surface area contributed by atoms with Crippen LogP contribution in [-0.4, -0.2) is 24.0 Å². The number of amides is 1. The molecule has 0 radical (unpaired) electrons. The van der Waals surface area contributed by atoms with Gasteiger partial charge in [0.15, 0.2) is 0 Å². The average Bonchev–Trinajstić information content (AvgIpc) is 3.32. The van der Waals surface area contributed by atoms with Crippen molar-refractivity contribution in [3.8, 4) is 5.75 Å². The molecule has 1 saturated carbocycles. The zero-order valence-corrected chi connectivity index (χ0v) is 11.8. The Morgan fingerprint density at radius 3 is 2.86 bits per heavy atom. The monoisotopic (exact) mass is 283 g/mol. The average molecular weight is 283 g/mol. The third kappa shape index (κ3) is 3.31. The van der Waals surface area contributed by atoms with E-state index in [2.05, 4.69) is 15.6 Å². The third-order valence-corrected chi connectivity index (χ3v) is 3.30. The number of benzene rings is 1. The van der Waals surface area contributed by atoms with Crippen LogP contribution < -0.4 is 15.4 Å². The molecule has 3 rings (SSSR count). The fourth-order valence-electron chi connectivity index (χ4n) is 2.04. The van der Waals surface area contributed by atoms with Crippen LogP contribution in [0.3, 0.4) is 0 Å². The molecule has 1 aromatic carbocycles. The molecule has 0 aliphatic heterocycles. The van der Waals surface area contributed by atoms with E-state index in [1.165, 1.54) is 12.8 Å². The molecule has 0 saturated heterocycles. The molecule has 1 heterocycles. The third-order valence-electron chi connectivity index (χ3n) is 3.30. The van der Waals surface area contributed by atoms with Gasteiger partial charge in [0, 0.05) is 17.9 Å². The van der Waals surface area contributed by atoms with Gasteiger partial charge in [0.1, 0.15) is 11.4 Å². The number of pyridine rings is 1. The number of aromatic nitrogens is 1. The molecule has 0 unspecified atom stereocenters. The lowest BCUT2D eigenvalue weighted by molar-refractivity contribution is 0.102. The van der Waals surface area contributed by atoms with Crippen LogP contribution in [-0.2, 0) is 0 Å². The van der Waals surface area contributed by atoms with E-state index in [1.807, 2.05) is 18.2 Å². The van der Waals surface area contributed by atoms with Gasteiger partial charge in [-0.2, -0.15) is 0 Å². The van der Waals surface area contributed by atoms with E-state index in [1.54, 1.807) is 31.5 Å². The number of carbonyl (C=O) groups excluding carboxylic acids is 1. The summed E-state index contributed by atoms with van der Waals surface area (Å²) in [6.45, 7) is 0. The Morgan fingerprint density at radius 1 is 1.29 bits per heavy atom. The standard InChI is InChI=1S/C16H17N3O2/c1-21-15-5-3-2-4-13(15)19-16(20)14-10-12(8-9-17-14)18-11-6-7-11/h2-5,8-11H,6-7H2,1H3,(H,17,18)(H,19,20). The first-order chi connectivity index (χ1) is 10.3. The van der Waals surface area contributed by atoms with Gasteiger partial charge in [0.25, 0.3) is 5.91 Å². The van der Waals surface area contributed by atoms with Crippen molar-refractivity contribution >= 4 is 17.3 Å². The molecule has 0 atom stereocenters. The summed E-state index contributed by atoms with van der Waals surface area (Å²) in [7, 11) is 1.57. The van der Waals surface area contributed by atoms with Gasteiger partial charge in [-0.15, -0.1) is 0 Å². The Labute approximate surface area is 123 Å². The first-order valence-electron chi connectivity index (χ1n) is 6.93. The summed E-state index contributed by atoms with van der Waals surface area (Å²) in [6, 6.07) is 11.5. The summed E-state index contributed by atoms with van der Waals surface area (Å²) >= 11 is 0. The van der Waals surface area contributed by atoms with Gasteiger partial charge in [0.05, 0.1) is 12.8 Å². The van der Waals surface area contributed by atoms with Crippen LogP contribution in [0.15, 0.2) is 42.6 Å².